The van der Waals surface area contributed by atoms with Crippen molar-refractivity contribution in [3.63, 3.8) is 0 Å². The maximum Gasteiger partial charge on any atom is 0.311 e. The first-order chi connectivity index (χ1) is 10.1. The standard InChI is InChI=1S/C15H16N2O4/c1-17(12-8-21-7-11(12)15(19)20)13-6-9-4-2-3-5-10(9)14(18)16-13/h2-6,11-12H,7-8H2,1H3,(H,16,18)(H,19,20). The van der Waals surface area contributed by atoms with Crippen LogP contribution >= 0.6 is 0 Å². The molecule has 0 bridgehead atoms. The number of benzene rings is 1. The number of rotatable bonds is 3. The van der Waals surface area contributed by atoms with Gasteiger partial charge < -0.3 is 19.7 Å². The summed E-state index contributed by atoms with van der Waals surface area (Å²) in [6.45, 7) is 0.532. The first kappa shape index (κ1) is 13.6. The number of ether oxygens (including phenoxy) is 1. The zero-order chi connectivity index (χ0) is 15.0. The van der Waals surface area contributed by atoms with Crippen molar-refractivity contribution < 1.29 is 14.6 Å². The Hall–Kier alpha value is -2.34. The number of nitrogens with one attached hydrogen (secondary N) is 1. The van der Waals surface area contributed by atoms with Gasteiger partial charge in [0.05, 0.1) is 19.3 Å². The van der Waals surface area contributed by atoms with Crippen LogP contribution in [0.2, 0.25) is 0 Å². The molecule has 0 spiro atoms. The highest BCUT2D eigenvalue weighted by atomic mass is 16.5. The summed E-state index contributed by atoms with van der Waals surface area (Å²) in [7, 11) is 1.77. The maximum atomic E-state index is 12.1. The summed E-state index contributed by atoms with van der Waals surface area (Å²) in [4.78, 5) is 27.9. The second-order valence-electron chi connectivity index (χ2n) is 5.23. The van der Waals surface area contributed by atoms with Gasteiger partial charge in [0, 0.05) is 12.4 Å². The Morgan fingerprint density at radius 3 is 2.90 bits per heavy atom. The molecule has 2 N–H and O–H groups in total. The fraction of sp³-hybridized carbons (Fsp3) is 0.333. The van der Waals surface area contributed by atoms with Crippen molar-refractivity contribution in [2.45, 2.75) is 6.04 Å². The molecule has 0 saturated carbocycles. The SMILES string of the molecule is CN(c1cc2ccccc2c(=O)[nH]1)C1COCC1C(=O)O. The number of nitrogens with zero attached hydrogens (tertiary/aromatic N) is 1. The molecule has 1 aliphatic heterocycles. The summed E-state index contributed by atoms with van der Waals surface area (Å²) in [5, 5.41) is 10.7. The molecule has 3 rings (SSSR count). The number of carboxylic acid groups (broad SMARTS) is 1. The van der Waals surface area contributed by atoms with Gasteiger partial charge in [0.1, 0.15) is 11.7 Å². The number of carbonyl (C=O) groups is 1. The largest absolute Gasteiger partial charge is 0.481 e. The van der Waals surface area contributed by atoms with E-state index >= 15 is 0 Å². The van der Waals surface area contributed by atoms with Gasteiger partial charge in [-0.05, 0) is 17.5 Å². The quantitative estimate of drug-likeness (QED) is 0.882. The normalized spacial score (nSPS) is 21.6. The Kier molecular flexibility index (Phi) is 3.39. The van der Waals surface area contributed by atoms with Crippen LogP contribution in [0.5, 0.6) is 0 Å². The highest BCUT2D eigenvalue weighted by Gasteiger charge is 2.37. The van der Waals surface area contributed by atoms with E-state index in [9.17, 15) is 14.7 Å². The van der Waals surface area contributed by atoms with Crippen LogP contribution in [0.3, 0.4) is 0 Å². The number of carboxylic acids is 1. The molecule has 2 unspecified atom stereocenters. The van der Waals surface area contributed by atoms with Gasteiger partial charge in [-0.1, -0.05) is 18.2 Å². The van der Waals surface area contributed by atoms with Crippen LogP contribution in [-0.4, -0.2) is 42.4 Å². The van der Waals surface area contributed by atoms with Crippen molar-refractivity contribution in [1.82, 2.24) is 4.98 Å². The molecule has 1 fully saturated rings. The minimum Gasteiger partial charge on any atom is -0.481 e. The number of H-pyrrole nitrogens is 1. The number of aromatic nitrogens is 1. The zero-order valence-electron chi connectivity index (χ0n) is 11.6. The average Bonchev–Trinajstić information content (AvgIpc) is 2.96. The number of hydrogen-bond donors (Lipinski definition) is 2. The first-order valence-corrected chi connectivity index (χ1v) is 6.73. The summed E-state index contributed by atoms with van der Waals surface area (Å²) < 4.78 is 5.28. The fourth-order valence-electron chi connectivity index (χ4n) is 2.73. The molecular weight excluding hydrogens is 272 g/mol. The van der Waals surface area contributed by atoms with E-state index in [1.54, 1.807) is 18.0 Å². The number of anilines is 1. The van der Waals surface area contributed by atoms with Crippen LogP contribution in [0, 0.1) is 5.92 Å². The summed E-state index contributed by atoms with van der Waals surface area (Å²) in [5.74, 6) is -0.877. The Morgan fingerprint density at radius 1 is 1.38 bits per heavy atom. The molecule has 1 aliphatic rings. The molecule has 1 saturated heterocycles. The number of fused-ring (bicyclic) bond motifs is 1. The van der Waals surface area contributed by atoms with Gasteiger partial charge in [0.25, 0.3) is 5.56 Å². The lowest BCUT2D eigenvalue weighted by molar-refractivity contribution is -0.141. The van der Waals surface area contributed by atoms with Crippen LogP contribution in [0.4, 0.5) is 5.82 Å². The van der Waals surface area contributed by atoms with E-state index in [1.165, 1.54) is 0 Å². The fourth-order valence-corrected chi connectivity index (χ4v) is 2.73. The lowest BCUT2D eigenvalue weighted by atomic mass is 10.0. The topological polar surface area (TPSA) is 82.6 Å². The lowest BCUT2D eigenvalue weighted by Gasteiger charge is -2.27. The van der Waals surface area contributed by atoms with Gasteiger partial charge in [-0.3, -0.25) is 9.59 Å². The number of aliphatic carboxylic acids is 1. The smallest absolute Gasteiger partial charge is 0.311 e. The zero-order valence-corrected chi connectivity index (χ0v) is 11.6. The van der Waals surface area contributed by atoms with Crippen molar-refractivity contribution in [1.29, 1.82) is 0 Å². The molecule has 0 radical (unpaired) electrons. The minimum atomic E-state index is -0.882. The van der Waals surface area contributed by atoms with E-state index in [4.69, 9.17) is 4.74 Å². The van der Waals surface area contributed by atoms with Gasteiger partial charge in [-0.15, -0.1) is 0 Å². The lowest BCUT2D eigenvalue weighted by Crippen LogP contribution is -2.41. The van der Waals surface area contributed by atoms with Crippen molar-refractivity contribution in [2.75, 3.05) is 25.2 Å². The van der Waals surface area contributed by atoms with Crippen molar-refractivity contribution in [3.05, 3.63) is 40.7 Å². The molecule has 21 heavy (non-hydrogen) atoms. The second-order valence-corrected chi connectivity index (χ2v) is 5.23. The highest BCUT2D eigenvalue weighted by Crippen LogP contribution is 2.24. The molecule has 2 heterocycles. The monoisotopic (exact) mass is 288 g/mol. The third-order valence-electron chi connectivity index (χ3n) is 3.98. The van der Waals surface area contributed by atoms with Crippen LogP contribution < -0.4 is 10.5 Å². The van der Waals surface area contributed by atoms with E-state index < -0.39 is 11.9 Å². The molecule has 110 valence electrons. The number of pyridine rings is 1. The van der Waals surface area contributed by atoms with Crippen molar-refractivity contribution >= 4 is 22.6 Å². The highest BCUT2D eigenvalue weighted by molar-refractivity contribution is 5.84. The van der Waals surface area contributed by atoms with Crippen molar-refractivity contribution in [2.24, 2.45) is 5.92 Å². The summed E-state index contributed by atoms with van der Waals surface area (Å²) in [6, 6.07) is 8.86. The number of hydrogen-bond acceptors (Lipinski definition) is 4. The third-order valence-corrected chi connectivity index (χ3v) is 3.98. The Balaban J connectivity index is 2.00. The first-order valence-electron chi connectivity index (χ1n) is 6.73. The van der Waals surface area contributed by atoms with Crippen LogP contribution in [0.25, 0.3) is 10.8 Å². The second kappa shape index (κ2) is 5.21. The Bertz CT molecular complexity index is 740. The van der Waals surface area contributed by atoms with Gasteiger partial charge in [-0.25, -0.2) is 0 Å². The maximum absolute atomic E-state index is 12.1. The van der Waals surface area contributed by atoms with E-state index in [0.717, 1.165) is 5.39 Å². The molecule has 6 nitrogen and oxygen atoms in total. The molecule has 6 heteroatoms. The predicted molar refractivity (Wildman–Crippen MR) is 78.7 cm³/mol. The van der Waals surface area contributed by atoms with Gasteiger partial charge in [0.15, 0.2) is 0 Å². The predicted octanol–water partition coefficient (Wildman–Crippen LogP) is 1.06. The number of likely N-dealkylation sites (N-methyl/N-ethyl adjacent to an activating group) is 1. The van der Waals surface area contributed by atoms with Crippen LogP contribution in [0.15, 0.2) is 35.1 Å². The molecule has 1 aromatic carbocycles. The van der Waals surface area contributed by atoms with E-state index in [-0.39, 0.29) is 18.2 Å². The third kappa shape index (κ3) is 2.38. The van der Waals surface area contributed by atoms with E-state index in [1.807, 2.05) is 24.3 Å². The average molecular weight is 288 g/mol. The van der Waals surface area contributed by atoms with Gasteiger partial charge in [0.2, 0.25) is 0 Å². The molecule has 2 atom stereocenters. The Labute approximate surface area is 121 Å². The van der Waals surface area contributed by atoms with Crippen LogP contribution in [0.1, 0.15) is 0 Å². The van der Waals surface area contributed by atoms with Crippen LogP contribution in [-0.2, 0) is 9.53 Å². The minimum absolute atomic E-state index is 0.180. The summed E-state index contributed by atoms with van der Waals surface area (Å²) in [5.41, 5.74) is -0.180. The summed E-state index contributed by atoms with van der Waals surface area (Å²) in [6.07, 6.45) is 0. The van der Waals surface area contributed by atoms with E-state index in [2.05, 4.69) is 4.98 Å². The Morgan fingerprint density at radius 2 is 2.14 bits per heavy atom. The van der Waals surface area contributed by atoms with E-state index in [0.29, 0.717) is 17.8 Å². The summed E-state index contributed by atoms with van der Waals surface area (Å²) >= 11 is 0. The molecule has 2 aromatic rings. The van der Waals surface area contributed by atoms with Crippen molar-refractivity contribution in [3.8, 4) is 0 Å². The molecule has 0 amide bonds. The molecule has 0 aliphatic carbocycles. The van der Waals surface area contributed by atoms with Gasteiger partial charge >= 0.3 is 5.97 Å². The van der Waals surface area contributed by atoms with Gasteiger partial charge in [-0.2, -0.15) is 0 Å². The molecule has 1 aromatic heterocycles. The number of aromatic amines is 1. The molecular formula is C15H16N2O4.